The Hall–Kier alpha value is -3.31. The van der Waals surface area contributed by atoms with Crippen LogP contribution in [0.2, 0.25) is 0 Å². The lowest BCUT2D eigenvalue weighted by Gasteiger charge is -2.34. The monoisotopic (exact) mass is 413 g/mol. The molecule has 1 amide bonds. The van der Waals surface area contributed by atoms with Crippen LogP contribution in [-0.4, -0.2) is 60.5 Å². The van der Waals surface area contributed by atoms with E-state index in [2.05, 4.69) is 34.1 Å². The zero-order chi connectivity index (χ0) is 21.2. The van der Waals surface area contributed by atoms with Crippen molar-refractivity contribution >= 4 is 27.7 Å². The maximum atomic E-state index is 13.1. The zero-order valence-electron chi connectivity index (χ0n) is 17.8. The van der Waals surface area contributed by atoms with Crippen molar-refractivity contribution < 1.29 is 9.53 Å². The molecule has 1 saturated heterocycles. The Morgan fingerprint density at radius 2 is 1.71 bits per heavy atom. The Morgan fingerprint density at radius 1 is 0.903 bits per heavy atom. The number of fused-ring (bicyclic) bond motifs is 3. The molecule has 0 unspecified atom stereocenters. The van der Waals surface area contributed by atoms with Gasteiger partial charge in [-0.15, -0.1) is 0 Å². The molecular formula is C26H27N3O2. The van der Waals surface area contributed by atoms with Gasteiger partial charge in [-0.25, -0.2) is 0 Å². The van der Waals surface area contributed by atoms with Crippen molar-refractivity contribution in [1.82, 2.24) is 14.8 Å². The van der Waals surface area contributed by atoms with Gasteiger partial charge in [-0.05, 0) is 48.4 Å². The zero-order valence-corrected chi connectivity index (χ0v) is 17.8. The standard InChI is InChI=1S/C26H27N3O2/c1-31-21-6-4-5-19(17-21)11-12-28-13-15-29(16-14-28)26(30)20-9-10-25-23(18-20)22-7-2-3-8-24(22)27-25/h2-10,17-18,27H,11-16H2,1H3. The molecule has 1 N–H and O–H groups in total. The summed E-state index contributed by atoms with van der Waals surface area (Å²) in [5, 5.41) is 2.27. The molecule has 3 aromatic carbocycles. The van der Waals surface area contributed by atoms with Crippen molar-refractivity contribution in [3.05, 3.63) is 77.9 Å². The van der Waals surface area contributed by atoms with Gasteiger partial charge in [0.15, 0.2) is 0 Å². The first-order chi connectivity index (χ1) is 15.2. The van der Waals surface area contributed by atoms with Crippen LogP contribution in [0.5, 0.6) is 5.75 Å². The molecule has 5 rings (SSSR count). The molecule has 0 bridgehead atoms. The fraction of sp³-hybridized carbons (Fsp3) is 0.269. The molecule has 4 aromatic rings. The molecule has 31 heavy (non-hydrogen) atoms. The molecule has 2 heterocycles. The number of methoxy groups -OCH3 is 1. The molecule has 1 fully saturated rings. The number of ether oxygens (including phenoxy) is 1. The third-order valence-electron chi connectivity index (χ3n) is 6.26. The number of H-pyrrole nitrogens is 1. The number of aromatic nitrogens is 1. The minimum Gasteiger partial charge on any atom is -0.497 e. The number of nitrogens with zero attached hydrogens (tertiary/aromatic N) is 2. The van der Waals surface area contributed by atoms with E-state index in [9.17, 15) is 4.79 Å². The molecule has 5 nitrogen and oxygen atoms in total. The molecule has 0 radical (unpaired) electrons. The molecule has 1 aliphatic heterocycles. The fourth-order valence-electron chi connectivity index (χ4n) is 4.45. The molecule has 0 saturated carbocycles. The quantitative estimate of drug-likeness (QED) is 0.530. The maximum Gasteiger partial charge on any atom is 0.253 e. The van der Waals surface area contributed by atoms with E-state index in [1.54, 1.807) is 7.11 Å². The van der Waals surface area contributed by atoms with Crippen molar-refractivity contribution in [1.29, 1.82) is 0 Å². The van der Waals surface area contributed by atoms with Gasteiger partial charge in [0.25, 0.3) is 5.91 Å². The molecular weight excluding hydrogens is 386 g/mol. The second kappa shape index (κ2) is 8.44. The van der Waals surface area contributed by atoms with Crippen LogP contribution in [0.1, 0.15) is 15.9 Å². The second-order valence-electron chi connectivity index (χ2n) is 8.17. The summed E-state index contributed by atoms with van der Waals surface area (Å²) < 4.78 is 5.31. The Kier molecular flexibility index (Phi) is 5.35. The third kappa shape index (κ3) is 4.01. The topological polar surface area (TPSA) is 48.6 Å². The lowest BCUT2D eigenvalue weighted by atomic mass is 10.1. The van der Waals surface area contributed by atoms with Gasteiger partial charge in [0.2, 0.25) is 0 Å². The number of hydrogen-bond donors (Lipinski definition) is 1. The largest absolute Gasteiger partial charge is 0.497 e. The highest BCUT2D eigenvalue weighted by Gasteiger charge is 2.22. The number of aromatic amines is 1. The number of piperazine rings is 1. The number of benzene rings is 3. The average Bonchev–Trinajstić information content (AvgIpc) is 3.21. The predicted octanol–water partition coefficient (Wildman–Crippen LogP) is 4.33. The first kappa shape index (κ1) is 19.6. The summed E-state index contributed by atoms with van der Waals surface area (Å²) in [7, 11) is 1.70. The van der Waals surface area contributed by atoms with Crippen molar-refractivity contribution in [3.8, 4) is 5.75 Å². The molecule has 1 aliphatic rings. The summed E-state index contributed by atoms with van der Waals surface area (Å²) in [6.07, 6.45) is 0.988. The van der Waals surface area contributed by atoms with Gasteiger partial charge in [0.05, 0.1) is 7.11 Å². The summed E-state index contributed by atoms with van der Waals surface area (Å²) in [4.78, 5) is 21.0. The van der Waals surface area contributed by atoms with Gasteiger partial charge in [0.1, 0.15) is 5.75 Å². The van der Waals surface area contributed by atoms with E-state index in [0.717, 1.165) is 72.3 Å². The van der Waals surface area contributed by atoms with E-state index in [0.29, 0.717) is 0 Å². The van der Waals surface area contributed by atoms with E-state index < -0.39 is 0 Å². The van der Waals surface area contributed by atoms with E-state index >= 15 is 0 Å². The van der Waals surface area contributed by atoms with Crippen LogP contribution in [0.15, 0.2) is 66.7 Å². The number of rotatable bonds is 5. The van der Waals surface area contributed by atoms with Crippen LogP contribution in [-0.2, 0) is 6.42 Å². The van der Waals surface area contributed by atoms with E-state index in [1.165, 1.54) is 5.56 Å². The third-order valence-corrected chi connectivity index (χ3v) is 6.26. The number of para-hydroxylation sites is 1. The fourth-order valence-corrected chi connectivity index (χ4v) is 4.45. The lowest BCUT2D eigenvalue weighted by Crippen LogP contribution is -2.49. The van der Waals surface area contributed by atoms with Crippen molar-refractivity contribution in [3.63, 3.8) is 0 Å². The lowest BCUT2D eigenvalue weighted by molar-refractivity contribution is 0.0638. The number of hydrogen-bond acceptors (Lipinski definition) is 3. The number of carbonyl (C=O) groups excluding carboxylic acids is 1. The van der Waals surface area contributed by atoms with Crippen LogP contribution in [0.25, 0.3) is 21.8 Å². The summed E-state index contributed by atoms with van der Waals surface area (Å²) >= 11 is 0. The summed E-state index contributed by atoms with van der Waals surface area (Å²) in [5.74, 6) is 1.03. The normalized spacial score (nSPS) is 14.9. The van der Waals surface area contributed by atoms with Gasteiger partial charge in [0, 0.05) is 60.1 Å². The minimum absolute atomic E-state index is 0.125. The highest BCUT2D eigenvalue weighted by atomic mass is 16.5. The number of nitrogens with one attached hydrogen (secondary N) is 1. The highest BCUT2D eigenvalue weighted by molar-refractivity contribution is 6.09. The molecule has 158 valence electrons. The van der Waals surface area contributed by atoms with Crippen LogP contribution in [0.3, 0.4) is 0 Å². The van der Waals surface area contributed by atoms with E-state index in [4.69, 9.17) is 4.74 Å². The van der Waals surface area contributed by atoms with Gasteiger partial charge < -0.3 is 14.6 Å². The summed E-state index contributed by atoms with van der Waals surface area (Å²) in [5.41, 5.74) is 4.22. The molecule has 5 heteroatoms. The molecule has 0 aliphatic carbocycles. The first-order valence-electron chi connectivity index (χ1n) is 10.9. The summed E-state index contributed by atoms with van der Waals surface area (Å²) in [6, 6.07) is 22.5. The van der Waals surface area contributed by atoms with Crippen LogP contribution < -0.4 is 4.74 Å². The highest BCUT2D eigenvalue weighted by Crippen LogP contribution is 2.26. The van der Waals surface area contributed by atoms with Gasteiger partial charge in [-0.2, -0.15) is 0 Å². The van der Waals surface area contributed by atoms with E-state index in [1.807, 2.05) is 47.4 Å². The summed E-state index contributed by atoms with van der Waals surface area (Å²) in [6.45, 7) is 4.35. The Balaban J connectivity index is 1.22. The minimum atomic E-state index is 0.125. The van der Waals surface area contributed by atoms with Crippen molar-refractivity contribution in [2.75, 3.05) is 39.8 Å². The maximum absolute atomic E-state index is 13.1. The van der Waals surface area contributed by atoms with Crippen LogP contribution >= 0.6 is 0 Å². The molecule has 0 atom stereocenters. The van der Waals surface area contributed by atoms with Crippen molar-refractivity contribution in [2.45, 2.75) is 6.42 Å². The number of carbonyl (C=O) groups is 1. The van der Waals surface area contributed by atoms with Gasteiger partial charge in [-0.1, -0.05) is 30.3 Å². The SMILES string of the molecule is COc1cccc(CCN2CCN(C(=O)c3ccc4[nH]c5ccccc5c4c3)CC2)c1. The predicted molar refractivity (Wildman–Crippen MR) is 125 cm³/mol. The first-order valence-corrected chi connectivity index (χ1v) is 10.9. The van der Waals surface area contributed by atoms with Crippen LogP contribution in [0, 0.1) is 0 Å². The smallest absolute Gasteiger partial charge is 0.253 e. The van der Waals surface area contributed by atoms with Gasteiger partial charge >= 0.3 is 0 Å². The Morgan fingerprint density at radius 3 is 2.55 bits per heavy atom. The Labute approximate surface area is 182 Å². The molecule has 1 aromatic heterocycles. The van der Waals surface area contributed by atoms with Crippen LogP contribution in [0.4, 0.5) is 0 Å². The van der Waals surface area contributed by atoms with Gasteiger partial charge in [-0.3, -0.25) is 9.69 Å². The number of amides is 1. The van der Waals surface area contributed by atoms with Crippen molar-refractivity contribution in [2.24, 2.45) is 0 Å². The molecule has 0 spiro atoms. The average molecular weight is 414 g/mol. The van der Waals surface area contributed by atoms with E-state index in [-0.39, 0.29) is 5.91 Å². The second-order valence-corrected chi connectivity index (χ2v) is 8.17. The Bertz CT molecular complexity index is 1220.